The maximum atomic E-state index is 6.35. The van der Waals surface area contributed by atoms with Crippen molar-refractivity contribution in [1.29, 1.82) is 0 Å². The van der Waals surface area contributed by atoms with Crippen LogP contribution < -0.4 is 0 Å². The van der Waals surface area contributed by atoms with Crippen molar-refractivity contribution in [1.82, 2.24) is 4.90 Å². The van der Waals surface area contributed by atoms with E-state index >= 15 is 0 Å². The van der Waals surface area contributed by atoms with E-state index < -0.39 is 0 Å². The minimum absolute atomic E-state index is 0.246. The van der Waals surface area contributed by atoms with E-state index in [2.05, 4.69) is 38.9 Å². The molecular formula is C16H20Cl2N2. The highest BCUT2D eigenvalue weighted by Gasteiger charge is 2.22. The first-order valence-electron chi connectivity index (χ1n) is 6.76. The van der Waals surface area contributed by atoms with Gasteiger partial charge in [0.25, 0.3) is 0 Å². The molecule has 2 rings (SSSR count). The number of likely N-dealkylation sites (N-methyl/N-ethyl adjacent to an activating group) is 1. The van der Waals surface area contributed by atoms with Crippen LogP contribution in [0.4, 0.5) is 0 Å². The Kier molecular flexibility index (Phi) is 4.90. The second-order valence-corrected chi connectivity index (χ2v) is 6.32. The van der Waals surface area contributed by atoms with Gasteiger partial charge in [0, 0.05) is 17.7 Å². The molecule has 2 atom stereocenters. The molecule has 0 aliphatic carbocycles. The number of hydrogen-bond donors (Lipinski definition) is 0. The van der Waals surface area contributed by atoms with E-state index in [1.165, 1.54) is 0 Å². The number of aliphatic imine (C=N–C) groups is 1. The van der Waals surface area contributed by atoms with Crippen LogP contribution in [0, 0.1) is 0 Å². The van der Waals surface area contributed by atoms with Crippen LogP contribution in [0.1, 0.15) is 31.7 Å². The van der Waals surface area contributed by atoms with Crippen LogP contribution in [0.15, 0.2) is 35.0 Å². The Bertz CT molecular complexity index is 562. The smallest absolute Gasteiger partial charge is 0.0630 e. The van der Waals surface area contributed by atoms with E-state index in [9.17, 15) is 0 Å². The average molecular weight is 311 g/mol. The number of nitrogens with zero attached hydrogens (tertiary/aromatic N) is 2. The van der Waals surface area contributed by atoms with Crippen LogP contribution in [0.5, 0.6) is 0 Å². The molecule has 0 saturated carbocycles. The molecular weight excluding hydrogens is 291 g/mol. The summed E-state index contributed by atoms with van der Waals surface area (Å²) in [5.74, 6) is 0.246. The zero-order valence-electron chi connectivity index (χ0n) is 12.3. The molecule has 20 heavy (non-hydrogen) atoms. The first-order chi connectivity index (χ1) is 9.40. The Balaban J connectivity index is 2.38. The number of rotatable bonds is 3. The largest absolute Gasteiger partial charge is 0.301 e. The zero-order chi connectivity index (χ0) is 14.9. The fourth-order valence-corrected chi connectivity index (χ4v) is 2.84. The van der Waals surface area contributed by atoms with Gasteiger partial charge in [0.1, 0.15) is 0 Å². The summed E-state index contributed by atoms with van der Waals surface area (Å²) >= 11 is 12.5. The minimum atomic E-state index is 0.246. The van der Waals surface area contributed by atoms with Gasteiger partial charge in [-0.1, -0.05) is 41.4 Å². The molecule has 0 radical (unpaired) electrons. The van der Waals surface area contributed by atoms with Crippen molar-refractivity contribution in [3.05, 3.63) is 45.6 Å². The van der Waals surface area contributed by atoms with Gasteiger partial charge in [-0.25, -0.2) is 0 Å². The molecule has 0 amide bonds. The standard InChI is InChI=1S/C16H20Cl2N2/c1-10-8-12(9-15(19-10)11(2)20(3)4)13-6-5-7-14(17)16(13)18/h5-7,9,11-12H,8H2,1-4H3. The minimum Gasteiger partial charge on any atom is -0.301 e. The fraction of sp³-hybridized carbons (Fsp3) is 0.438. The van der Waals surface area contributed by atoms with E-state index in [-0.39, 0.29) is 12.0 Å². The van der Waals surface area contributed by atoms with E-state index in [0.717, 1.165) is 23.4 Å². The quantitative estimate of drug-likeness (QED) is 0.784. The first-order valence-corrected chi connectivity index (χ1v) is 7.52. The lowest BCUT2D eigenvalue weighted by molar-refractivity contribution is 0.347. The van der Waals surface area contributed by atoms with Gasteiger partial charge in [-0.2, -0.15) is 0 Å². The van der Waals surface area contributed by atoms with Crippen molar-refractivity contribution in [2.45, 2.75) is 32.2 Å². The van der Waals surface area contributed by atoms with Gasteiger partial charge < -0.3 is 4.90 Å². The third-order valence-electron chi connectivity index (χ3n) is 3.79. The fourth-order valence-electron chi connectivity index (χ4n) is 2.39. The van der Waals surface area contributed by atoms with Crippen LogP contribution in [0.25, 0.3) is 0 Å². The molecule has 2 nitrogen and oxygen atoms in total. The Hall–Kier alpha value is -0.830. The van der Waals surface area contributed by atoms with E-state index in [1.807, 2.05) is 18.2 Å². The molecule has 1 heterocycles. The highest BCUT2D eigenvalue weighted by molar-refractivity contribution is 6.42. The van der Waals surface area contributed by atoms with Gasteiger partial charge in [-0.05, 0) is 46.0 Å². The third-order valence-corrected chi connectivity index (χ3v) is 4.62. The van der Waals surface area contributed by atoms with Gasteiger partial charge in [0.15, 0.2) is 0 Å². The maximum absolute atomic E-state index is 6.35. The lowest BCUT2D eigenvalue weighted by atomic mass is 9.89. The molecule has 1 aliphatic rings. The van der Waals surface area contributed by atoms with Crippen molar-refractivity contribution in [2.75, 3.05) is 14.1 Å². The predicted molar refractivity (Wildman–Crippen MR) is 88.2 cm³/mol. The average Bonchev–Trinajstić information content (AvgIpc) is 2.40. The number of halogens is 2. The SMILES string of the molecule is CC1=NC(C(C)N(C)C)=CC(c2cccc(Cl)c2Cl)C1. The molecule has 4 heteroatoms. The summed E-state index contributed by atoms with van der Waals surface area (Å²) in [5, 5.41) is 1.27. The molecule has 2 unspecified atom stereocenters. The van der Waals surface area contributed by atoms with Crippen LogP contribution >= 0.6 is 23.2 Å². The highest BCUT2D eigenvalue weighted by Crippen LogP contribution is 2.36. The summed E-state index contributed by atoms with van der Waals surface area (Å²) in [5.41, 5.74) is 3.31. The van der Waals surface area contributed by atoms with Gasteiger partial charge >= 0.3 is 0 Å². The lowest BCUT2D eigenvalue weighted by Crippen LogP contribution is -2.28. The zero-order valence-corrected chi connectivity index (χ0v) is 13.8. The monoisotopic (exact) mass is 310 g/mol. The summed E-state index contributed by atoms with van der Waals surface area (Å²) in [6, 6.07) is 6.11. The predicted octanol–water partition coefficient (Wildman–Crippen LogP) is 4.78. The second-order valence-electron chi connectivity index (χ2n) is 5.53. The van der Waals surface area contributed by atoms with E-state index in [0.29, 0.717) is 10.0 Å². The molecule has 108 valence electrons. The van der Waals surface area contributed by atoms with Gasteiger partial charge in [-0.3, -0.25) is 4.99 Å². The molecule has 0 fully saturated rings. The molecule has 1 aliphatic heterocycles. The van der Waals surface area contributed by atoms with Crippen molar-refractivity contribution < 1.29 is 0 Å². The van der Waals surface area contributed by atoms with Crippen molar-refractivity contribution >= 4 is 28.9 Å². The molecule has 0 N–H and O–H groups in total. The van der Waals surface area contributed by atoms with Crippen molar-refractivity contribution in [3.63, 3.8) is 0 Å². The second kappa shape index (κ2) is 6.30. The molecule has 1 aromatic carbocycles. The third kappa shape index (κ3) is 3.25. The number of benzene rings is 1. The van der Waals surface area contributed by atoms with Crippen LogP contribution in [-0.2, 0) is 0 Å². The normalized spacial score (nSPS) is 20.6. The molecule has 0 bridgehead atoms. The maximum Gasteiger partial charge on any atom is 0.0630 e. The van der Waals surface area contributed by atoms with E-state index in [1.54, 1.807) is 0 Å². The summed E-state index contributed by atoms with van der Waals surface area (Å²) in [6.45, 7) is 4.23. The van der Waals surface area contributed by atoms with Gasteiger partial charge in [-0.15, -0.1) is 0 Å². The van der Waals surface area contributed by atoms with Crippen LogP contribution in [-0.4, -0.2) is 30.7 Å². The summed E-state index contributed by atoms with van der Waals surface area (Å²) in [6.07, 6.45) is 3.11. The first kappa shape index (κ1) is 15.6. The Morgan fingerprint density at radius 3 is 2.65 bits per heavy atom. The lowest BCUT2D eigenvalue weighted by Gasteiger charge is -2.27. The van der Waals surface area contributed by atoms with Crippen LogP contribution in [0.2, 0.25) is 10.0 Å². The van der Waals surface area contributed by atoms with Crippen LogP contribution in [0.3, 0.4) is 0 Å². The van der Waals surface area contributed by atoms with Crippen molar-refractivity contribution in [2.24, 2.45) is 4.99 Å². The van der Waals surface area contributed by atoms with Gasteiger partial charge in [0.05, 0.1) is 15.7 Å². The van der Waals surface area contributed by atoms with Crippen molar-refractivity contribution in [3.8, 4) is 0 Å². The van der Waals surface area contributed by atoms with Gasteiger partial charge in [0.2, 0.25) is 0 Å². The summed E-state index contributed by atoms with van der Waals surface area (Å²) < 4.78 is 0. The Labute approximate surface area is 131 Å². The summed E-state index contributed by atoms with van der Waals surface area (Å²) in [7, 11) is 4.12. The number of hydrogen-bond acceptors (Lipinski definition) is 2. The topological polar surface area (TPSA) is 15.6 Å². The Morgan fingerprint density at radius 2 is 2.00 bits per heavy atom. The van der Waals surface area contributed by atoms with E-state index in [4.69, 9.17) is 28.2 Å². The highest BCUT2D eigenvalue weighted by atomic mass is 35.5. The summed E-state index contributed by atoms with van der Waals surface area (Å²) in [4.78, 5) is 6.85. The molecule has 0 spiro atoms. The molecule has 0 aromatic heterocycles. The molecule has 0 saturated heterocycles. The number of allylic oxidation sites excluding steroid dienone is 1. The molecule has 1 aromatic rings. The Morgan fingerprint density at radius 1 is 1.30 bits per heavy atom.